The predicted molar refractivity (Wildman–Crippen MR) is 48.4 cm³/mol. The van der Waals surface area contributed by atoms with E-state index in [1.54, 1.807) is 0 Å². The molecule has 0 aromatic carbocycles. The molecule has 0 saturated heterocycles. The van der Waals surface area contributed by atoms with Crippen LogP contribution >= 0.6 is 0 Å². The zero-order valence-electron chi connectivity index (χ0n) is 7.74. The third kappa shape index (κ3) is 3.74. The monoisotopic (exact) mass is 187 g/mol. The molecule has 0 heterocycles. The SMILES string of the molecule is N[C@H](CCOCC1CCC1)C(=O)O. The molecule has 0 spiro atoms. The molecule has 4 nitrogen and oxygen atoms in total. The molecule has 1 aliphatic carbocycles. The number of carboxylic acid groups (broad SMARTS) is 1. The quantitative estimate of drug-likeness (QED) is 0.597. The third-order valence-corrected chi connectivity index (χ3v) is 2.47. The van der Waals surface area contributed by atoms with Crippen LogP contribution in [0.5, 0.6) is 0 Å². The Morgan fingerprint density at radius 1 is 1.62 bits per heavy atom. The first-order valence-electron chi connectivity index (χ1n) is 4.76. The molecular weight excluding hydrogens is 170 g/mol. The van der Waals surface area contributed by atoms with E-state index >= 15 is 0 Å². The summed E-state index contributed by atoms with van der Waals surface area (Å²) in [6.07, 6.45) is 4.22. The zero-order valence-corrected chi connectivity index (χ0v) is 7.74. The summed E-state index contributed by atoms with van der Waals surface area (Å²) in [5, 5.41) is 8.47. The minimum Gasteiger partial charge on any atom is -0.480 e. The van der Waals surface area contributed by atoms with Crippen molar-refractivity contribution in [2.45, 2.75) is 31.7 Å². The lowest BCUT2D eigenvalue weighted by molar-refractivity contribution is -0.139. The van der Waals surface area contributed by atoms with Gasteiger partial charge in [0.2, 0.25) is 0 Å². The van der Waals surface area contributed by atoms with Crippen molar-refractivity contribution in [3.05, 3.63) is 0 Å². The van der Waals surface area contributed by atoms with Gasteiger partial charge in [-0.25, -0.2) is 0 Å². The molecule has 13 heavy (non-hydrogen) atoms. The topological polar surface area (TPSA) is 72.5 Å². The molecule has 0 aromatic heterocycles. The number of nitrogens with two attached hydrogens (primary N) is 1. The first-order valence-corrected chi connectivity index (χ1v) is 4.76. The minimum atomic E-state index is -0.952. The molecule has 0 unspecified atom stereocenters. The average Bonchev–Trinajstić information content (AvgIpc) is 2.00. The Morgan fingerprint density at radius 2 is 2.31 bits per heavy atom. The fourth-order valence-corrected chi connectivity index (χ4v) is 1.24. The van der Waals surface area contributed by atoms with E-state index < -0.39 is 12.0 Å². The summed E-state index contributed by atoms with van der Waals surface area (Å²) in [6.45, 7) is 1.23. The van der Waals surface area contributed by atoms with Crippen LogP contribution in [0.25, 0.3) is 0 Å². The Labute approximate surface area is 78.1 Å². The summed E-state index contributed by atoms with van der Waals surface area (Å²) in [7, 11) is 0. The van der Waals surface area contributed by atoms with Gasteiger partial charge in [-0.05, 0) is 25.2 Å². The highest BCUT2D eigenvalue weighted by Gasteiger charge is 2.17. The van der Waals surface area contributed by atoms with Crippen LogP contribution in [0.3, 0.4) is 0 Å². The van der Waals surface area contributed by atoms with Crippen molar-refractivity contribution in [1.82, 2.24) is 0 Å². The number of carbonyl (C=O) groups is 1. The number of ether oxygens (including phenoxy) is 1. The lowest BCUT2D eigenvalue weighted by atomic mass is 9.86. The minimum absolute atomic E-state index is 0.405. The Bertz CT molecular complexity index is 168. The van der Waals surface area contributed by atoms with Gasteiger partial charge >= 0.3 is 5.97 Å². The molecule has 0 bridgehead atoms. The molecule has 1 aliphatic rings. The maximum absolute atomic E-state index is 10.3. The average molecular weight is 187 g/mol. The van der Waals surface area contributed by atoms with Gasteiger partial charge in [0.1, 0.15) is 6.04 Å². The van der Waals surface area contributed by atoms with Crippen LogP contribution in [0.4, 0.5) is 0 Å². The summed E-state index contributed by atoms with van der Waals surface area (Å²) < 4.78 is 5.32. The summed E-state index contributed by atoms with van der Waals surface area (Å²) in [5.41, 5.74) is 5.30. The second kappa shape index (κ2) is 5.19. The molecule has 0 aromatic rings. The smallest absolute Gasteiger partial charge is 0.320 e. The van der Waals surface area contributed by atoms with Crippen molar-refractivity contribution in [1.29, 1.82) is 0 Å². The van der Waals surface area contributed by atoms with Crippen LogP contribution < -0.4 is 5.73 Å². The molecule has 0 aliphatic heterocycles. The normalized spacial score (nSPS) is 19.5. The number of hydrogen-bond acceptors (Lipinski definition) is 3. The second-order valence-electron chi connectivity index (χ2n) is 3.61. The van der Waals surface area contributed by atoms with Crippen LogP contribution in [-0.2, 0) is 9.53 Å². The second-order valence-corrected chi connectivity index (χ2v) is 3.61. The van der Waals surface area contributed by atoms with Gasteiger partial charge in [-0.1, -0.05) is 6.42 Å². The Balaban J connectivity index is 1.90. The fourth-order valence-electron chi connectivity index (χ4n) is 1.24. The number of carboxylic acids is 1. The van der Waals surface area contributed by atoms with Crippen molar-refractivity contribution in [3.63, 3.8) is 0 Å². The zero-order chi connectivity index (χ0) is 9.68. The van der Waals surface area contributed by atoms with E-state index in [9.17, 15) is 4.79 Å². The van der Waals surface area contributed by atoms with E-state index in [2.05, 4.69) is 0 Å². The summed E-state index contributed by atoms with van der Waals surface area (Å²) in [4.78, 5) is 10.3. The number of hydrogen-bond donors (Lipinski definition) is 2. The van der Waals surface area contributed by atoms with Gasteiger partial charge in [0.05, 0.1) is 0 Å². The van der Waals surface area contributed by atoms with Gasteiger partial charge in [-0.2, -0.15) is 0 Å². The molecule has 1 saturated carbocycles. The standard InChI is InChI=1S/C9H17NO3/c10-8(9(11)12)4-5-13-6-7-2-1-3-7/h7-8H,1-6,10H2,(H,11,12)/t8-/m1/s1. The maximum Gasteiger partial charge on any atom is 0.320 e. The predicted octanol–water partition coefficient (Wildman–Crippen LogP) is 0.605. The van der Waals surface area contributed by atoms with E-state index in [1.165, 1.54) is 19.3 Å². The maximum atomic E-state index is 10.3. The summed E-state index contributed by atoms with van der Waals surface area (Å²) in [5.74, 6) is -0.242. The number of rotatable bonds is 6. The molecule has 76 valence electrons. The van der Waals surface area contributed by atoms with Gasteiger partial charge in [0.25, 0.3) is 0 Å². The van der Waals surface area contributed by atoms with Gasteiger partial charge in [-0.3, -0.25) is 4.79 Å². The Kier molecular flexibility index (Phi) is 4.18. The Morgan fingerprint density at radius 3 is 2.77 bits per heavy atom. The van der Waals surface area contributed by atoms with Crippen molar-refractivity contribution >= 4 is 5.97 Å². The summed E-state index contributed by atoms with van der Waals surface area (Å²) in [6, 6.07) is -0.776. The largest absolute Gasteiger partial charge is 0.480 e. The van der Waals surface area contributed by atoms with Gasteiger partial charge in [0, 0.05) is 13.2 Å². The van der Waals surface area contributed by atoms with Gasteiger partial charge < -0.3 is 15.6 Å². The molecule has 4 heteroatoms. The van der Waals surface area contributed by atoms with Crippen LogP contribution in [-0.4, -0.2) is 30.3 Å². The molecule has 3 N–H and O–H groups in total. The first kappa shape index (κ1) is 10.5. The van der Waals surface area contributed by atoms with Crippen molar-refractivity contribution in [2.24, 2.45) is 11.7 Å². The lowest BCUT2D eigenvalue weighted by Crippen LogP contribution is -2.31. The molecule has 1 rings (SSSR count). The van der Waals surface area contributed by atoms with Crippen LogP contribution in [0.1, 0.15) is 25.7 Å². The van der Waals surface area contributed by atoms with E-state index in [-0.39, 0.29) is 0 Å². The van der Waals surface area contributed by atoms with E-state index in [0.717, 1.165) is 6.61 Å². The Hall–Kier alpha value is -0.610. The summed E-state index contributed by atoms with van der Waals surface area (Å²) >= 11 is 0. The number of aliphatic carboxylic acids is 1. The highest BCUT2D eigenvalue weighted by Crippen LogP contribution is 2.26. The van der Waals surface area contributed by atoms with Crippen LogP contribution in [0, 0.1) is 5.92 Å². The fraction of sp³-hybridized carbons (Fsp3) is 0.889. The van der Waals surface area contributed by atoms with Crippen LogP contribution in [0.15, 0.2) is 0 Å². The molecule has 1 atom stereocenters. The van der Waals surface area contributed by atoms with Crippen molar-refractivity contribution < 1.29 is 14.6 Å². The molecular formula is C9H17NO3. The van der Waals surface area contributed by atoms with E-state index in [4.69, 9.17) is 15.6 Å². The highest BCUT2D eigenvalue weighted by atomic mass is 16.5. The van der Waals surface area contributed by atoms with E-state index in [1.807, 2.05) is 0 Å². The van der Waals surface area contributed by atoms with Crippen LogP contribution in [0.2, 0.25) is 0 Å². The van der Waals surface area contributed by atoms with Gasteiger partial charge in [-0.15, -0.1) is 0 Å². The molecule has 0 radical (unpaired) electrons. The molecule has 1 fully saturated rings. The third-order valence-electron chi connectivity index (χ3n) is 2.47. The lowest BCUT2D eigenvalue weighted by Gasteiger charge is -2.24. The van der Waals surface area contributed by atoms with E-state index in [0.29, 0.717) is 18.9 Å². The first-order chi connectivity index (χ1) is 6.20. The van der Waals surface area contributed by atoms with Crippen molar-refractivity contribution in [2.75, 3.05) is 13.2 Å². The van der Waals surface area contributed by atoms with Crippen molar-refractivity contribution in [3.8, 4) is 0 Å². The molecule has 0 amide bonds. The highest BCUT2D eigenvalue weighted by molar-refractivity contribution is 5.72. The van der Waals surface area contributed by atoms with Gasteiger partial charge in [0.15, 0.2) is 0 Å².